The highest BCUT2D eigenvalue weighted by molar-refractivity contribution is 7.80. The van der Waals surface area contributed by atoms with Gasteiger partial charge in [-0.3, -0.25) is 9.69 Å². The maximum absolute atomic E-state index is 13.2. The fourth-order valence-electron chi connectivity index (χ4n) is 2.99. The van der Waals surface area contributed by atoms with E-state index in [0.717, 1.165) is 11.3 Å². The van der Waals surface area contributed by atoms with E-state index in [-0.39, 0.29) is 18.3 Å². The predicted molar refractivity (Wildman–Crippen MR) is 103 cm³/mol. The molecule has 0 radical (unpaired) electrons. The van der Waals surface area contributed by atoms with Crippen LogP contribution in [0.2, 0.25) is 0 Å². The summed E-state index contributed by atoms with van der Waals surface area (Å²) in [6.07, 6.45) is 0.713. The first kappa shape index (κ1) is 18.3. The highest BCUT2D eigenvalue weighted by Crippen LogP contribution is 2.26. The molecule has 1 atom stereocenters. The number of nitrogens with two attached hydrogens (primary N) is 1. The molecular weight excluding hydrogens is 353 g/mol. The molecule has 1 amide bonds. The molecule has 2 N–H and O–H groups in total. The number of thiocarbonyl (C=S) groups is 1. The minimum atomic E-state index is -0.509. The molecule has 2 aromatic carbocycles. The molecular formula is C19H20FN3O2S. The minimum absolute atomic E-state index is 0.166. The van der Waals surface area contributed by atoms with E-state index in [2.05, 4.69) is 0 Å². The van der Waals surface area contributed by atoms with Crippen molar-refractivity contribution in [3.05, 3.63) is 59.9 Å². The van der Waals surface area contributed by atoms with Gasteiger partial charge < -0.3 is 15.4 Å². The Balaban J connectivity index is 1.76. The van der Waals surface area contributed by atoms with E-state index in [1.54, 1.807) is 19.2 Å². The summed E-state index contributed by atoms with van der Waals surface area (Å²) in [6, 6.07) is 12.9. The van der Waals surface area contributed by atoms with Crippen molar-refractivity contribution in [2.45, 2.75) is 12.5 Å². The lowest BCUT2D eigenvalue weighted by Crippen LogP contribution is -2.41. The zero-order valence-corrected chi connectivity index (χ0v) is 15.2. The van der Waals surface area contributed by atoms with Crippen LogP contribution in [-0.2, 0) is 11.2 Å². The summed E-state index contributed by atoms with van der Waals surface area (Å²) in [6.45, 7) is 0.732. The van der Waals surface area contributed by atoms with Gasteiger partial charge >= 0.3 is 0 Å². The Morgan fingerprint density at radius 3 is 2.38 bits per heavy atom. The van der Waals surface area contributed by atoms with E-state index in [0.29, 0.717) is 23.8 Å². The van der Waals surface area contributed by atoms with Crippen LogP contribution in [0.1, 0.15) is 5.56 Å². The molecule has 136 valence electrons. The lowest BCUT2D eigenvalue weighted by Gasteiger charge is -2.23. The van der Waals surface area contributed by atoms with Crippen LogP contribution in [0.5, 0.6) is 5.75 Å². The summed E-state index contributed by atoms with van der Waals surface area (Å²) in [7, 11) is 1.62. The lowest BCUT2D eigenvalue weighted by atomic mass is 10.1. The van der Waals surface area contributed by atoms with Crippen molar-refractivity contribution in [3.63, 3.8) is 0 Å². The summed E-state index contributed by atoms with van der Waals surface area (Å²) in [5, 5.41) is 0.394. The molecule has 1 fully saturated rings. The Kier molecular flexibility index (Phi) is 5.49. The molecule has 0 saturated carbocycles. The van der Waals surface area contributed by atoms with E-state index < -0.39 is 6.04 Å². The van der Waals surface area contributed by atoms with Gasteiger partial charge in [-0.2, -0.15) is 0 Å². The largest absolute Gasteiger partial charge is 0.497 e. The van der Waals surface area contributed by atoms with E-state index in [9.17, 15) is 9.18 Å². The number of hydrogen-bond acceptors (Lipinski definition) is 4. The topological polar surface area (TPSA) is 58.8 Å². The summed E-state index contributed by atoms with van der Waals surface area (Å²) < 4.78 is 18.3. The number of benzene rings is 2. The zero-order chi connectivity index (χ0) is 18.7. The van der Waals surface area contributed by atoms with Crippen LogP contribution in [0.25, 0.3) is 0 Å². The van der Waals surface area contributed by atoms with Gasteiger partial charge in [-0.25, -0.2) is 4.39 Å². The number of hydrogen-bond donors (Lipinski definition) is 1. The number of nitrogens with zero attached hydrogens (tertiary/aromatic N) is 2. The average Bonchev–Trinajstić information content (AvgIpc) is 2.90. The maximum atomic E-state index is 13.2. The first-order valence-electron chi connectivity index (χ1n) is 8.28. The molecule has 0 aliphatic carbocycles. The highest BCUT2D eigenvalue weighted by Gasteiger charge is 2.42. The summed E-state index contributed by atoms with van der Waals surface area (Å²) in [5.41, 5.74) is 7.48. The van der Waals surface area contributed by atoms with Gasteiger partial charge in [0.05, 0.1) is 12.8 Å². The average molecular weight is 373 g/mol. The molecule has 5 nitrogen and oxygen atoms in total. The van der Waals surface area contributed by atoms with Crippen molar-refractivity contribution < 1.29 is 13.9 Å². The number of methoxy groups -OCH3 is 1. The summed E-state index contributed by atoms with van der Waals surface area (Å²) >= 11 is 5.51. The third-order valence-electron chi connectivity index (χ3n) is 4.43. The molecule has 1 heterocycles. The quantitative estimate of drug-likeness (QED) is 0.788. The molecule has 0 bridgehead atoms. The number of anilines is 1. The zero-order valence-electron chi connectivity index (χ0n) is 14.4. The minimum Gasteiger partial charge on any atom is -0.497 e. The Morgan fingerprint density at radius 1 is 1.15 bits per heavy atom. The van der Waals surface area contributed by atoms with E-state index >= 15 is 0 Å². The van der Waals surface area contributed by atoms with Gasteiger partial charge in [-0.1, -0.05) is 12.1 Å². The third-order valence-corrected chi connectivity index (χ3v) is 4.84. The molecule has 1 saturated heterocycles. The second-order valence-corrected chi connectivity index (χ2v) is 6.34. The van der Waals surface area contributed by atoms with Gasteiger partial charge in [0.1, 0.15) is 17.6 Å². The van der Waals surface area contributed by atoms with Crippen LogP contribution >= 0.6 is 12.2 Å². The fraction of sp³-hybridized carbons (Fsp3) is 0.263. The van der Waals surface area contributed by atoms with Crippen molar-refractivity contribution >= 4 is 28.9 Å². The third kappa shape index (κ3) is 3.54. The number of carbonyl (C=O) groups excluding carboxylic acids is 1. The van der Waals surface area contributed by atoms with Crippen LogP contribution in [-0.4, -0.2) is 42.2 Å². The number of ether oxygens (including phenoxy) is 1. The van der Waals surface area contributed by atoms with Crippen LogP contribution in [0, 0.1) is 5.82 Å². The van der Waals surface area contributed by atoms with Crippen LogP contribution < -0.4 is 15.4 Å². The number of rotatable bonds is 6. The maximum Gasteiger partial charge on any atom is 0.257 e. The van der Waals surface area contributed by atoms with Crippen molar-refractivity contribution in [2.75, 3.05) is 25.1 Å². The number of amides is 1. The molecule has 2 aromatic rings. The molecule has 1 aliphatic heterocycles. The van der Waals surface area contributed by atoms with E-state index in [4.69, 9.17) is 22.7 Å². The Hall–Kier alpha value is -2.51. The second kappa shape index (κ2) is 7.80. The van der Waals surface area contributed by atoms with Crippen LogP contribution in [0.3, 0.4) is 0 Å². The monoisotopic (exact) mass is 373 g/mol. The number of carbonyl (C=O) groups is 1. The smallest absolute Gasteiger partial charge is 0.257 e. The van der Waals surface area contributed by atoms with Gasteiger partial charge in [0.25, 0.3) is 5.91 Å². The second-order valence-electron chi connectivity index (χ2n) is 5.98. The predicted octanol–water partition coefficient (Wildman–Crippen LogP) is 2.34. The van der Waals surface area contributed by atoms with Crippen molar-refractivity contribution in [1.82, 2.24) is 4.90 Å². The van der Waals surface area contributed by atoms with Crippen molar-refractivity contribution in [3.8, 4) is 5.75 Å². The normalized spacial score (nSPS) is 17.1. The standard InChI is InChI=1S/C19H20FN3O2S/c1-25-16-8-2-13(3-9-16)10-11-22-17(12-21)18(24)23(19(22)26)15-6-4-14(20)5-7-15/h2-9,17H,10-12,21H2,1H3. The van der Waals surface area contributed by atoms with Crippen molar-refractivity contribution in [2.24, 2.45) is 5.73 Å². The molecule has 1 aliphatic rings. The Bertz CT molecular complexity index is 795. The Morgan fingerprint density at radius 2 is 1.81 bits per heavy atom. The molecule has 0 aromatic heterocycles. The van der Waals surface area contributed by atoms with E-state index in [1.807, 2.05) is 29.2 Å². The fourth-order valence-corrected chi connectivity index (χ4v) is 3.40. The molecule has 0 spiro atoms. The lowest BCUT2D eigenvalue weighted by molar-refractivity contribution is -0.119. The van der Waals surface area contributed by atoms with Gasteiger partial charge in [0.15, 0.2) is 5.11 Å². The first-order valence-corrected chi connectivity index (χ1v) is 8.69. The van der Waals surface area contributed by atoms with Gasteiger partial charge in [0.2, 0.25) is 0 Å². The molecule has 7 heteroatoms. The van der Waals surface area contributed by atoms with Crippen LogP contribution in [0.15, 0.2) is 48.5 Å². The first-order chi connectivity index (χ1) is 12.5. The van der Waals surface area contributed by atoms with Gasteiger partial charge in [-0.05, 0) is 60.6 Å². The molecule has 3 rings (SSSR count). The number of halogens is 1. The Labute approximate surface area is 157 Å². The summed E-state index contributed by atoms with van der Waals surface area (Å²) in [5.74, 6) is 0.250. The van der Waals surface area contributed by atoms with E-state index in [1.165, 1.54) is 17.0 Å². The van der Waals surface area contributed by atoms with Gasteiger partial charge in [-0.15, -0.1) is 0 Å². The molecule has 1 unspecified atom stereocenters. The highest BCUT2D eigenvalue weighted by atomic mass is 32.1. The van der Waals surface area contributed by atoms with Crippen molar-refractivity contribution in [1.29, 1.82) is 0 Å². The molecule has 26 heavy (non-hydrogen) atoms. The van der Waals surface area contributed by atoms with Gasteiger partial charge in [0, 0.05) is 13.1 Å². The SMILES string of the molecule is COc1ccc(CCN2C(=S)N(c3ccc(F)cc3)C(=O)C2CN)cc1. The summed E-state index contributed by atoms with van der Waals surface area (Å²) in [4.78, 5) is 16.0. The van der Waals surface area contributed by atoms with Crippen LogP contribution in [0.4, 0.5) is 10.1 Å².